The van der Waals surface area contributed by atoms with Gasteiger partial charge in [0.25, 0.3) is 11.8 Å². The number of carbonyl (C=O) groups excluding carboxylic acids is 2. The fourth-order valence-corrected chi connectivity index (χ4v) is 1.88. The summed E-state index contributed by atoms with van der Waals surface area (Å²) in [6.45, 7) is 0.662. The maximum atomic E-state index is 12.0. The first-order chi connectivity index (χ1) is 10.7. The van der Waals surface area contributed by atoms with Crippen LogP contribution >= 0.6 is 0 Å². The van der Waals surface area contributed by atoms with Crippen LogP contribution in [0.1, 0.15) is 20.7 Å². The monoisotopic (exact) mass is 299 g/mol. The first kappa shape index (κ1) is 15.5. The highest BCUT2D eigenvalue weighted by Crippen LogP contribution is 2.16. The lowest BCUT2D eigenvalue weighted by Gasteiger charge is -2.09. The van der Waals surface area contributed by atoms with Crippen LogP contribution in [-0.2, 0) is 0 Å². The second kappa shape index (κ2) is 7.78. The van der Waals surface area contributed by atoms with Crippen molar-refractivity contribution in [2.24, 2.45) is 0 Å². The van der Waals surface area contributed by atoms with Gasteiger partial charge in [0.15, 0.2) is 0 Å². The molecule has 2 rings (SSSR count). The van der Waals surface area contributed by atoms with Crippen molar-refractivity contribution in [3.63, 3.8) is 0 Å². The fourth-order valence-electron chi connectivity index (χ4n) is 1.88. The van der Waals surface area contributed by atoms with Crippen LogP contribution in [0.3, 0.4) is 0 Å². The Kier molecular flexibility index (Phi) is 5.48. The van der Waals surface area contributed by atoms with Crippen LogP contribution in [0.4, 0.5) is 0 Å². The smallest absolute Gasteiger partial charge is 0.255 e. The largest absolute Gasteiger partial charge is 0.496 e. The zero-order valence-corrected chi connectivity index (χ0v) is 12.2. The van der Waals surface area contributed by atoms with Gasteiger partial charge in [0.1, 0.15) is 5.75 Å². The molecular formula is C16H17N3O3. The van der Waals surface area contributed by atoms with Gasteiger partial charge >= 0.3 is 0 Å². The zero-order chi connectivity index (χ0) is 15.8. The van der Waals surface area contributed by atoms with E-state index in [0.717, 1.165) is 0 Å². The molecule has 0 bridgehead atoms. The molecule has 1 aromatic heterocycles. The molecular weight excluding hydrogens is 282 g/mol. The first-order valence-corrected chi connectivity index (χ1v) is 6.82. The summed E-state index contributed by atoms with van der Waals surface area (Å²) in [7, 11) is 1.51. The third-order valence-corrected chi connectivity index (χ3v) is 2.99. The second-order valence-electron chi connectivity index (χ2n) is 4.45. The number of aromatic nitrogens is 1. The van der Waals surface area contributed by atoms with E-state index in [1.165, 1.54) is 7.11 Å². The maximum Gasteiger partial charge on any atom is 0.255 e. The van der Waals surface area contributed by atoms with E-state index in [9.17, 15) is 9.59 Å². The quantitative estimate of drug-likeness (QED) is 0.787. The van der Waals surface area contributed by atoms with Crippen molar-refractivity contribution in [1.82, 2.24) is 15.6 Å². The van der Waals surface area contributed by atoms with Gasteiger partial charge in [-0.3, -0.25) is 14.6 Å². The number of nitrogens with zero attached hydrogens (tertiary/aromatic N) is 1. The summed E-state index contributed by atoms with van der Waals surface area (Å²) in [4.78, 5) is 27.7. The van der Waals surface area contributed by atoms with Crippen molar-refractivity contribution >= 4 is 11.8 Å². The third kappa shape index (κ3) is 4.05. The van der Waals surface area contributed by atoms with Crippen LogP contribution in [0.15, 0.2) is 48.8 Å². The molecule has 1 aromatic carbocycles. The van der Waals surface area contributed by atoms with E-state index in [1.54, 1.807) is 48.8 Å². The summed E-state index contributed by atoms with van der Waals surface area (Å²) in [5.41, 5.74) is 0.997. The van der Waals surface area contributed by atoms with Gasteiger partial charge in [-0.25, -0.2) is 0 Å². The van der Waals surface area contributed by atoms with Crippen molar-refractivity contribution in [3.8, 4) is 5.75 Å². The number of hydrogen-bond acceptors (Lipinski definition) is 4. The lowest BCUT2D eigenvalue weighted by Crippen LogP contribution is -2.34. The summed E-state index contributed by atoms with van der Waals surface area (Å²) >= 11 is 0. The molecule has 6 heteroatoms. The van der Waals surface area contributed by atoms with Crippen LogP contribution in [0.2, 0.25) is 0 Å². The standard InChI is InChI=1S/C16H17N3O3/c1-22-14-5-3-2-4-13(14)16(21)19-11-10-18-15(20)12-6-8-17-9-7-12/h2-9H,10-11H2,1H3,(H,18,20)(H,19,21). The molecule has 0 spiro atoms. The van der Waals surface area contributed by atoms with E-state index in [1.807, 2.05) is 0 Å². The second-order valence-corrected chi connectivity index (χ2v) is 4.45. The molecule has 1 heterocycles. The lowest BCUT2D eigenvalue weighted by molar-refractivity contribution is 0.0926. The average Bonchev–Trinajstić information content (AvgIpc) is 2.59. The minimum Gasteiger partial charge on any atom is -0.496 e. The highest BCUT2D eigenvalue weighted by Gasteiger charge is 2.10. The highest BCUT2D eigenvalue weighted by atomic mass is 16.5. The molecule has 0 unspecified atom stereocenters. The SMILES string of the molecule is COc1ccccc1C(=O)NCCNC(=O)c1ccncc1. The molecule has 2 aromatic rings. The summed E-state index contributed by atoms with van der Waals surface area (Å²) < 4.78 is 5.13. The van der Waals surface area contributed by atoms with Gasteiger partial charge in [-0.1, -0.05) is 12.1 Å². The third-order valence-electron chi connectivity index (χ3n) is 2.99. The first-order valence-electron chi connectivity index (χ1n) is 6.82. The number of amides is 2. The number of nitrogens with one attached hydrogen (secondary N) is 2. The number of methoxy groups -OCH3 is 1. The molecule has 114 valence electrons. The Hall–Kier alpha value is -2.89. The van der Waals surface area contributed by atoms with Crippen LogP contribution in [-0.4, -0.2) is 37.0 Å². The Labute approximate surface area is 128 Å². The van der Waals surface area contributed by atoms with Gasteiger partial charge in [-0.05, 0) is 24.3 Å². The Morgan fingerprint density at radius 2 is 1.64 bits per heavy atom. The molecule has 22 heavy (non-hydrogen) atoms. The summed E-state index contributed by atoms with van der Waals surface area (Å²) in [5.74, 6) is 0.0744. The van der Waals surface area contributed by atoms with Gasteiger partial charge < -0.3 is 15.4 Å². The Morgan fingerprint density at radius 1 is 1.00 bits per heavy atom. The number of carbonyl (C=O) groups is 2. The summed E-state index contributed by atoms with van der Waals surface area (Å²) in [6.07, 6.45) is 3.11. The molecule has 0 aliphatic rings. The molecule has 6 nitrogen and oxygen atoms in total. The minimum atomic E-state index is -0.240. The van der Waals surface area contributed by atoms with Gasteiger partial charge in [0.05, 0.1) is 12.7 Å². The van der Waals surface area contributed by atoms with E-state index in [0.29, 0.717) is 30.0 Å². The number of benzene rings is 1. The van der Waals surface area contributed by atoms with Crippen molar-refractivity contribution in [2.45, 2.75) is 0 Å². The fraction of sp³-hybridized carbons (Fsp3) is 0.188. The van der Waals surface area contributed by atoms with Crippen LogP contribution in [0.5, 0.6) is 5.75 Å². The van der Waals surface area contributed by atoms with E-state index in [2.05, 4.69) is 15.6 Å². The number of para-hydroxylation sites is 1. The predicted octanol–water partition coefficient (Wildman–Crippen LogP) is 1.25. The van der Waals surface area contributed by atoms with Crippen LogP contribution in [0, 0.1) is 0 Å². The molecule has 0 fully saturated rings. The van der Waals surface area contributed by atoms with E-state index < -0.39 is 0 Å². The Bertz CT molecular complexity index is 644. The Balaban J connectivity index is 1.79. The molecule has 0 saturated carbocycles. The van der Waals surface area contributed by atoms with Gasteiger partial charge in [0.2, 0.25) is 0 Å². The average molecular weight is 299 g/mol. The van der Waals surface area contributed by atoms with E-state index in [4.69, 9.17) is 4.74 Å². The Morgan fingerprint density at radius 3 is 2.32 bits per heavy atom. The predicted molar refractivity (Wildman–Crippen MR) is 81.9 cm³/mol. The zero-order valence-electron chi connectivity index (χ0n) is 12.2. The summed E-state index contributed by atoms with van der Waals surface area (Å²) in [5, 5.41) is 5.46. The topological polar surface area (TPSA) is 80.3 Å². The molecule has 0 atom stereocenters. The molecule has 2 N–H and O–H groups in total. The van der Waals surface area contributed by atoms with E-state index >= 15 is 0 Å². The molecule has 2 amide bonds. The van der Waals surface area contributed by atoms with Crippen LogP contribution in [0.25, 0.3) is 0 Å². The van der Waals surface area contributed by atoms with Gasteiger partial charge in [0, 0.05) is 31.0 Å². The molecule has 0 aliphatic heterocycles. The van der Waals surface area contributed by atoms with Gasteiger partial charge in [-0.15, -0.1) is 0 Å². The molecule has 0 radical (unpaired) electrons. The number of rotatable bonds is 6. The van der Waals surface area contributed by atoms with Crippen molar-refractivity contribution in [3.05, 3.63) is 59.9 Å². The normalized spacial score (nSPS) is 9.86. The highest BCUT2D eigenvalue weighted by molar-refractivity contribution is 5.97. The molecule has 0 saturated heterocycles. The number of pyridine rings is 1. The van der Waals surface area contributed by atoms with Crippen LogP contribution < -0.4 is 15.4 Å². The number of hydrogen-bond donors (Lipinski definition) is 2. The van der Waals surface area contributed by atoms with Crippen molar-refractivity contribution < 1.29 is 14.3 Å². The maximum absolute atomic E-state index is 12.0. The minimum absolute atomic E-state index is 0.200. The lowest BCUT2D eigenvalue weighted by atomic mass is 10.2. The molecule has 0 aliphatic carbocycles. The number of ether oxygens (including phenoxy) is 1. The van der Waals surface area contributed by atoms with Crippen molar-refractivity contribution in [1.29, 1.82) is 0 Å². The van der Waals surface area contributed by atoms with Crippen molar-refractivity contribution in [2.75, 3.05) is 20.2 Å². The summed E-state index contributed by atoms with van der Waals surface area (Å²) in [6, 6.07) is 10.2. The van der Waals surface area contributed by atoms with E-state index in [-0.39, 0.29) is 11.8 Å². The van der Waals surface area contributed by atoms with Gasteiger partial charge in [-0.2, -0.15) is 0 Å².